The third kappa shape index (κ3) is 1.88. The van der Waals surface area contributed by atoms with Crippen LogP contribution < -0.4 is 4.74 Å². The van der Waals surface area contributed by atoms with Crippen LogP contribution in [0.2, 0.25) is 0 Å². The molecule has 0 bridgehead atoms. The van der Waals surface area contributed by atoms with Crippen molar-refractivity contribution in [3.8, 4) is 5.75 Å². The minimum atomic E-state index is -0.0112. The summed E-state index contributed by atoms with van der Waals surface area (Å²) in [5.41, 5.74) is 1.62. The van der Waals surface area contributed by atoms with Crippen molar-refractivity contribution in [2.45, 2.75) is 20.5 Å². The summed E-state index contributed by atoms with van der Waals surface area (Å²) < 4.78 is 10.5. The van der Waals surface area contributed by atoms with Gasteiger partial charge in [-0.25, -0.2) is 0 Å². The van der Waals surface area contributed by atoms with Gasteiger partial charge in [0.15, 0.2) is 12.6 Å². The summed E-state index contributed by atoms with van der Waals surface area (Å²) in [7, 11) is 0. The van der Waals surface area contributed by atoms with E-state index in [1.54, 1.807) is 0 Å². The summed E-state index contributed by atoms with van der Waals surface area (Å²) in [6.45, 7) is 4.53. The predicted molar refractivity (Wildman–Crippen MR) is 55.9 cm³/mol. The highest BCUT2D eigenvalue weighted by atomic mass is 16.7. The molecule has 0 saturated heterocycles. The minimum absolute atomic E-state index is 0.0112. The number of para-hydroxylation sites is 1. The molecule has 1 aliphatic heterocycles. The lowest BCUT2D eigenvalue weighted by molar-refractivity contribution is -0.0168. The first-order chi connectivity index (χ1) is 7.20. The lowest BCUT2D eigenvalue weighted by Crippen LogP contribution is -2.16. The van der Waals surface area contributed by atoms with E-state index in [0.717, 1.165) is 5.56 Å². The van der Waals surface area contributed by atoms with E-state index in [1.165, 1.54) is 0 Å². The number of hydrogen-bond acceptors (Lipinski definition) is 3. The number of rotatable bonds is 2. The molecule has 0 N–H and O–H groups in total. The molecule has 3 nitrogen and oxygen atoms in total. The van der Waals surface area contributed by atoms with Gasteiger partial charge in [-0.05, 0) is 6.07 Å². The van der Waals surface area contributed by atoms with Crippen molar-refractivity contribution in [1.29, 1.82) is 0 Å². The van der Waals surface area contributed by atoms with Crippen molar-refractivity contribution >= 4 is 5.78 Å². The van der Waals surface area contributed by atoms with Gasteiger partial charge in [-0.3, -0.25) is 4.79 Å². The highest BCUT2D eigenvalue weighted by molar-refractivity contribution is 6.00. The standard InChI is InChI=1S/C12H14O3/c1-8(2)11(13)10-5-3-4-9-6-14-7-15-12(9)10/h3-5,8H,6-7H2,1-2H3. The molecule has 0 radical (unpaired) electrons. The van der Waals surface area contributed by atoms with Crippen LogP contribution in [0.5, 0.6) is 5.75 Å². The Bertz CT molecular complexity index is 382. The summed E-state index contributed by atoms with van der Waals surface area (Å²) in [6.07, 6.45) is 0. The molecule has 15 heavy (non-hydrogen) atoms. The quantitative estimate of drug-likeness (QED) is 0.697. The Labute approximate surface area is 89.0 Å². The number of hydrogen-bond donors (Lipinski definition) is 0. The van der Waals surface area contributed by atoms with Crippen molar-refractivity contribution in [1.82, 2.24) is 0 Å². The molecule has 0 unspecified atom stereocenters. The normalized spacial score (nSPS) is 14.6. The Balaban J connectivity index is 2.43. The molecule has 2 rings (SSSR count). The van der Waals surface area contributed by atoms with Gasteiger partial charge in [0.2, 0.25) is 0 Å². The fraction of sp³-hybridized carbons (Fsp3) is 0.417. The molecular formula is C12H14O3. The average Bonchev–Trinajstić information content (AvgIpc) is 2.27. The maximum absolute atomic E-state index is 11.9. The number of benzene rings is 1. The fourth-order valence-electron chi connectivity index (χ4n) is 1.63. The van der Waals surface area contributed by atoms with Crippen LogP contribution in [0.3, 0.4) is 0 Å². The molecule has 0 amide bonds. The Hall–Kier alpha value is -1.35. The predicted octanol–water partition coefficient (Wildman–Crippen LogP) is 2.39. The molecule has 1 aromatic carbocycles. The molecule has 1 heterocycles. The molecule has 80 valence electrons. The second-order valence-corrected chi connectivity index (χ2v) is 3.92. The van der Waals surface area contributed by atoms with Gasteiger partial charge in [0.25, 0.3) is 0 Å². The highest BCUT2D eigenvalue weighted by Crippen LogP contribution is 2.29. The first-order valence-electron chi connectivity index (χ1n) is 5.07. The molecule has 0 atom stereocenters. The van der Waals surface area contributed by atoms with Crippen LogP contribution in [-0.2, 0) is 11.3 Å². The molecule has 0 aliphatic carbocycles. The monoisotopic (exact) mass is 206 g/mol. The van der Waals surface area contributed by atoms with Gasteiger partial charge in [-0.15, -0.1) is 0 Å². The summed E-state index contributed by atoms with van der Waals surface area (Å²) in [5.74, 6) is 0.805. The van der Waals surface area contributed by atoms with Crippen LogP contribution in [0.25, 0.3) is 0 Å². The van der Waals surface area contributed by atoms with Crippen molar-refractivity contribution in [2.75, 3.05) is 6.79 Å². The van der Waals surface area contributed by atoms with Crippen LogP contribution in [0, 0.1) is 5.92 Å². The van der Waals surface area contributed by atoms with Crippen LogP contribution in [0.4, 0.5) is 0 Å². The Morgan fingerprint density at radius 1 is 1.40 bits per heavy atom. The lowest BCUT2D eigenvalue weighted by Gasteiger charge is -2.20. The first-order valence-corrected chi connectivity index (χ1v) is 5.07. The molecule has 1 aromatic rings. The van der Waals surface area contributed by atoms with Gasteiger partial charge < -0.3 is 9.47 Å². The summed E-state index contributed by atoms with van der Waals surface area (Å²) in [5, 5.41) is 0. The Morgan fingerprint density at radius 3 is 2.93 bits per heavy atom. The van der Waals surface area contributed by atoms with Gasteiger partial charge in [0.1, 0.15) is 5.75 Å². The van der Waals surface area contributed by atoms with E-state index in [4.69, 9.17) is 9.47 Å². The SMILES string of the molecule is CC(C)C(=O)c1cccc2c1OCOC2. The van der Waals surface area contributed by atoms with E-state index in [2.05, 4.69) is 0 Å². The van der Waals surface area contributed by atoms with Crippen molar-refractivity contribution < 1.29 is 14.3 Å². The first kappa shape index (κ1) is 10.2. The third-order valence-corrected chi connectivity index (χ3v) is 2.43. The fourth-order valence-corrected chi connectivity index (χ4v) is 1.63. The second-order valence-electron chi connectivity index (χ2n) is 3.92. The zero-order valence-electron chi connectivity index (χ0n) is 8.95. The van der Waals surface area contributed by atoms with Crippen molar-refractivity contribution in [2.24, 2.45) is 5.92 Å². The van der Waals surface area contributed by atoms with Gasteiger partial charge in [0.05, 0.1) is 12.2 Å². The number of carbonyl (C=O) groups is 1. The molecule has 0 spiro atoms. The van der Waals surface area contributed by atoms with Crippen molar-refractivity contribution in [3.63, 3.8) is 0 Å². The van der Waals surface area contributed by atoms with Crippen molar-refractivity contribution in [3.05, 3.63) is 29.3 Å². The van der Waals surface area contributed by atoms with Crippen LogP contribution in [0.1, 0.15) is 29.8 Å². The molecule has 3 heteroatoms. The van der Waals surface area contributed by atoms with E-state index in [-0.39, 0.29) is 18.5 Å². The van der Waals surface area contributed by atoms with Gasteiger partial charge >= 0.3 is 0 Å². The van der Waals surface area contributed by atoms with Gasteiger partial charge in [0, 0.05) is 11.5 Å². The largest absolute Gasteiger partial charge is 0.466 e. The molecule has 0 saturated carbocycles. The summed E-state index contributed by atoms with van der Waals surface area (Å²) in [4.78, 5) is 11.9. The van der Waals surface area contributed by atoms with Crippen LogP contribution in [0.15, 0.2) is 18.2 Å². The molecule has 1 aliphatic rings. The van der Waals surface area contributed by atoms with E-state index in [9.17, 15) is 4.79 Å². The smallest absolute Gasteiger partial charge is 0.189 e. The molecular weight excluding hydrogens is 192 g/mol. The Morgan fingerprint density at radius 2 is 2.20 bits per heavy atom. The summed E-state index contributed by atoms with van der Waals surface area (Å²) in [6, 6.07) is 5.60. The van der Waals surface area contributed by atoms with E-state index < -0.39 is 0 Å². The van der Waals surface area contributed by atoms with Crippen LogP contribution in [-0.4, -0.2) is 12.6 Å². The lowest BCUT2D eigenvalue weighted by atomic mass is 9.98. The zero-order chi connectivity index (χ0) is 10.8. The molecule has 0 aromatic heterocycles. The van der Waals surface area contributed by atoms with Crippen LogP contribution >= 0.6 is 0 Å². The number of carbonyl (C=O) groups excluding carboxylic acids is 1. The highest BCUT2D eigenvalue weighted by Gasteiger charge is 2.20. The van der Waals surface area contributed by atoms with Gasteiger partial charge in [-0.1, -0.05) is 26.0 Å². The number of fused-ring (bicyclic) bond motifs is 1. The number of ether oxygens (including phenoxy) is 2. The number of ketones is 1. The zero-order valence-corrected chi connectivity index (χ0v) is 8.95. The maximum Gasteiger partial charge on any atom is 0.189 e. The number of Topliss-reactive ketones (excluding diaryl/α,β-unsaturated/α-hetero) is 1. The Kier molecular flexibility index (Phi) is 2.73. The average molecular weight is 206 g/mol. The van der Waals surface area contributed by atoms with E-state index in [0.29, 0.717) is 17.9 Å². The van der Waals surface area contributed by atoms with E-state index in [1.807, 2.05) is 32.0 Å². The minimum Gasteiger partial charge on any atom is -0.466 e. The van der Waals surface area contributed by atoms with Gasteiger partial charge in [-0.2, -0.15) is 0 Å². The third-order valence-electron chi connectivity index (χ3n) is 2.43. The van der Waals surface area contributed by atoms with E-state index >= 15 is 0 Å². The summed E-state index contributed by atoms with van der Waals surface area (Å²) >= 11 is 0. The second kappa shape index (κ2) is 4.03. The maximum atomic E-state index is 11.9. The molecule has 0 fully saturated rings. The topological polar surface area (TPSA) is 35.5 Å².